The second-order valence-electron chi connectivity index (χ2n) is 5.31. The number of hydrogen-bond donors (Lipinski definition) is 4. The van der Waals surface area contributed by atoms with E-state index in [-0.39, 0.29) is 17.1 Å². The smallest absolute Gasteiger partial charge is 0.339 e. The molecule has 0 saturated heterocycles. The van der Waals surface area contributed by atoms with E-state index in [1.807, 2.05) is 0 Å². The highest BCUT2D eigenvalue weighted by Gasteiger charge is 2.23. The first-order valence-corrected chi connectivity index (χ1v) is 7.20. The molecule has 2 aromatic carbocycles. The Morgan fingerprint density at radius 3 is 2.26 bits per heavy atom. The second kappa shape index (κ2) is 6.48. The molecule has 7 nitrogen and oxygen atoms in total. The predicted molar refractivity (Wildman–Crippen MR) is 84.7 cm³/mol. The van der Waals surface area contributed by atoms with Crippen molar-refractivity contribution in [2.24, 2.45) is 0 Å². The van der Waals surface area contributed by atoms with Crippen molar-refractivity contribution >= 4 is 5.97 Å². The lowest BCUT2D eigenvalue weighted by molar-refractivity contribution is 0.0693. The van der Waals surface area contributed by atoms with Gasteiger partial charge in [0.2, 0.25) is 5.75 Å². The van der Waals surface area contributed by atoms with E-state index in [0.717, 1.165) is 18.3 Å². The lowest BCUT2D eigenvalue weighted by Gasteiger charge is -2.11. The molecule has 3 rings (SSSR count). The molecule has 0 aliphatic rings. The first kappa shape index (κ1) is 18.0. The normalized spacial score (nSPS) is 10.8. The number of aromatic hydroxyl groups is 3. The van der Waals surface area contributed by atoms with Crippen LogP contribution in [0, 0.1) is 17.5 Å². The zero-order valence-electron chi connectivity index (χ0n) is 13.1. The first-order chi connectivity index (χ1) is 12.7. The quantitative estimate of drug-likeness (QED) is 0.408. The minimum absolute atomic E-state index is 0.167. The molecule has 0 aliphatic carbocycles. The fourth-order valence-electron chi connectivity index (χ4n) is 2.34. The number of phenolic OH excluding ortho intramolecular Hbond substituents is 2. The van der Waals surface area contributed by atoms with Crippen LogP contribution in [0.4, 0.5) is 13.2 Å². The van der Waals surface area contributed by atoms with Crippen LogP contribution in [0.3, 0.4) is 0 Å². The third-order valence-electron chi connectivity index (χ3n) is 3.69. The van der Waals surface area contributed by atoms with Gasteiger partial charge in [-0.1, -0.05) is 0 Å². The molecule has 0 amide bonds. The largest absolute Gasteiger partial charge is 0.504 e. The molecule has 3 aromatic rings. The minimum atomic E-state index is -1.72. The van der Waals surface area contributed by atoms with Gasteiger partial charge in [-0.25, -0.2) is 27.9 Å². The molecule has 1 aromatic heterocycles. The van der Waals surface area contributed by atoms with Gasteiger partial charge in [0.1, 0.15) is 5.56 Å². The fourth-order valence-corrected chi connectivity index (χ4v) is 2.34. The van der Waals surface area contributed by atoms with E-state index in [4.69, 9.17) is 5.11 Å². The highest BCUT2D eigenvalue weighted by atomic mass is 19.2. The summed E-state index contributed by atoms with van der Waals surface area (Å²) >= 11 is 0. The number of nitrogens with zero attached hydrogens (tertiary/aromatic N) is 2. The summed E-state index contributed by atoms with van der Waals surface area (Å²) in [7, 11) is 0. The molecule has 0 atom stereocenters. The molecule has 4 N–H and O–H groups in total. The monoisotopic (exact) mass is 378 g/mol. The van der Waals surface area contributed by atoms with Crippen LogP contribution in [0.2, 0.25) is 0 Å². The van der Waals surface area contributed by atoms with Crippen molar-refractivity contribution in [3.8, 4) is 39.9 Å². The molecule has 0 unspecified atom stereocenters. The molecule has 0 bridgehead atoms. The van der Waals surface area contributed by atoms with Gasteiger partial charge in [0.05, 0.1) is 11.3 Å². The van der Waals surface area contributed by atoms with Gasteiger partial charge in [0.25, 0.3) is 0 Å². The van der Waals surface area contributed by atoms with Crippen LogP contribution in [-0.2, 0) is 0 Å². The highest BCUT2D eigenvalue weighted by Crippen LogP contribution is 2.44. The van der Waals surface area contributed by atoms with E-state index in [0.29, 0.717) is 6.07 Å². The minimum Gasteiger partial charge on any atom is -0.504 e. The number of phenols is 3. The maximum absolute atomic E-state index is 14.0. The van der Waals surface area contributed by atoms with Crippen LogP contribution in [0.15, 0.2) is 30.5 Å². The van der Waals surface area contributed by atoms with Gasteiger partial charge >= 0.3 is 5.97 Å². The Kier molecular flexibility index (Phi) is 4.32. The fraction of sp³-hybridized carbons (Fsp3) is 0. The van der Waals surface area contributed by atoms with Crippen molar-refractivity contribution in [3.63, 3.8) is 0 Å². The lowest BCUT2D eigenvalue weighted by atomic mass is 10.0. The van der Waals surface area contributed by atoms with Crippen molar-refractivity contribution in [2.75, 3.05) is 0 Å². The summed E-state index contributed by atoms with van der Waals surface area (Å²) in [5.74, 6) is -9.66. The Hall–Kier alpha value is -3.82. The number of carboxylic acid groups (broad SMARTS) is 1. The molecule has 1 heterocycles. The zero-order chi connectivity index (χ0) is 19.9. The van der Waals surface area contributed by atoms with E-state index in [1.165, 1.54) is 6.07 Å². The van der Waals surface area contributed by atoms with Gasteiger partial charge < -0.3 is 20.4 Å². The number of aromatic nitrogens is 2. The number of halogens is 3. The van der Waals surface area contributed by atoms with Crippen molar-refractivity contribution in [3.05, 3.63) is 53.5 Å². The maximum Gasteiger partial charge on any atom is 0.339 e. The molecule has 0 aliphatic heterocycles. The predicted octanol–water partition coefficient (Wildman–Crippen LogP) is 3.04. The molecule has 0 spiro atoms. The average Bonchev–Trinajstić information content (AvgIpc) is 2.64. The molecule has 0 radical (unpaired) electrons. The highest BCUT2D eigenvalue weighted by molar-refractivity contribution is 5.95. The summed E-state index contributed by atoms with van der Waals surface area (Å²) in [4.78, 5) is 18.8. The number of carboxylic acids is 1. The van der Waals surface area contributed by atoms with Crippen LogP contribution in [0.1, 0.15) is 10.4 Å². The molecule has 0 fully saturated rings. The molecular weight excluding hydrogens is 369 g/mol. The SMILES string of the molecule is O=C(O)c1cc(-c2ccnc(-c3ccc(F)c(F)c3F)n2)c(O)c(O)c1O. The Labute approximate surface area is 148 Å². The summed E-state index contributed by atoms with van der Waals surface area (Å²) < 4.78 is 40.5. The zero-order valence-corrected chi connectivity index (χ0v) is 13.1. The Morgan fingerprint density at radius 2 is 1.59 bits per heavy atom. The van der Waals surface area contributed by atoms with Crippen LogP contribution in [0.25, 0.3) is 22.6 Å². The number of benzene rings is 2. The van der Waals surface area contributed by atoms with Crippen LogP contribution in [0.5, 0.6) is 17.2 Å². The summed E-state index contributed by atoms with van der Waals surface area (Å²) in [6, 6.07) is 3.61. The number of rotatable bonds is 3. The van der Waals surface area contributed by atoms with Gasteiger partial charge in [-0.05, 0) is 24.3 Å². The van der Waals surface area contributed by atoms with E-state index >= 15 is 0 Å². The Morgan fingerprint density at radius 1 is 0.889 bits per heavy atom. The summed E-state index contributed by atoms with van der Waals surface area (Å²) in [5, 5.41) is 38.4. The standard InChI is InChI=1S/C17H9F3N2O5/c18-9-2-1-6(11(19)12(9)20)16-21-4-3-10(22-16)7-5-8(17(26)27)14(24)15(25)13(7)23/h1-5,23-25H,(H,26,27). The third-order valence-corrected chi connectivity index (χ3v) is 3.69. The summed E-state index contributed by atoms with van der Waals surface area (Å²) in [6.07, 6.45) is 1.10. The number of carbonyl (C=O) groups is 1. The molecule has 10 heteroatoms. The van der Waals surface area contributed by atoms with Gasteiger partial charge in [-0.3, -0.25) is 0 Å². The van der Waals surface area contributed by atoms with Crippen LogP contribution >= 0.6 is 0 Å². The summed E-state index contributed by atoms with van der Waals surface area (Å²) in [5.41, 5.74) is -1.68. The van der Waals surface area contributed by atoms with Crippen molar-refractivity contribution < 1.29 is 38.4 Å². The van der Waals surface area contributed by atoms with Crippen molar-refractivity contribution in [2.45, 2.75) is 0 Å². The molecule has 0 saturated carbocycles. The maximum atomic E-state index is 14.0. The van der Waals surface area contributed by atoms with E-state index < -0.39 is 51.8 Å². The van der Waals surface area contributed by atoms with Crippen molar-refractivity contribution in [1.82, 2.24) is 9.97 Å². The Balaban J connectivity index is 2.21. The Bertz CT molecular complexity index is 1090. The average molecular weight is 378 g/mol. The second-order valence-corrected chi connectivity index (χ2v) is 5.31. The van der Waals surface area contributed by atoms with Gasteiger partial charge in [0.15, 0.2) is 34.8 Å². The van der Waals surface area contributed by atoms with E-state index in [2.05, 4.69) is 9.97 Å². The molecule has 138 valence electrons. The van der Waals surface area contributed by atoms with Gasteiger partial charge in [0, 0.05) is 11.8 Å². The van der Waals surface area contributed by atoms with E-state index in [1.54, 1.807) is 0 Å². The number of hydrogen-bond acceptors (Lipinski definition) is 6. The molecular formula is C17H9F3N2O5. The topological polar surface area (TPSA) is 124 Å². The van der Waals surface area contributed by atoms with E-state index in [9.17, 15) is 33.3 Å². The van der Waals surface area contributed by atoms with Crippen molar-refractivity contribution in [1.29, 1.82) is 0 Å². The number of aromatic carboxylic acids is 1. The molecule has 27 heavy (non-hydrogen) atoms. The van der Waals surface area contributed by atoms with Crippen LogP contribution < -0.4 is 0 Å². The third kappa shape index (κ3) is 2.97. The summed E-state index contributed by atoms with van der Waals surface area (Å²) in [6.45, 7) is 0. The lowest BCUT2D eigenvalue weighted by Crippen LogP contribution is -2.00. The van der Waals surface area contributed by atoms with Gasteiger partial charge in [-0.15, -0.1) is 0 Å². The first-order valence-electron chi connectivity index (χ1n) is 7.20. The van der Waals surface area contributed by atoms with Crippen LogP contribution in [-0.4, -0.2) is 36.4 Å². The van der Waals surface area contributed by atoms with Gasteiger partial charge in [-0.2, -0.15) is 0 Å².